The molecular weight excluding hydrogens is 357 g/mol. The fourth-order valence-electron chi connectivity index (χ4n) is 5.35. The minimum Gasteiger partial charge on any atom is -0.423 e. The highest BCUT2D eigenvalue weighted by Crippen LogP contribution is 2.44. The van der Waals surface area contributed by atoms with Crippen molar-refractivity contribution in [2.75, 3.05) is 0 Å². The number of benzene rings is 1. The SMILES string of the molecule is CC.CCCC1CCC(C2CCC(c3ccc(B(O)O)c(F)c3F)CC2)CC1. The molecule has 2 nitrogen and oxygen atoms in total. The average Bonchev–Trinajstić information content (AvgIpc) is 2.72. The maximum Gasteiger partial charge on any atom is 0.491 e. The van der Waals surface area contributed by atoms with Gasteiger partial charge < -0.3 is 10.0 Å². The van der Waals surface area contributed by atoms with Gasteiger partial charge in [0.25, 0.3) is 0 Å². The lowest BCUT2D eigenvalue weighted by atomic mass is 9.67. The highest BCUT2D eigenvalue weighted by atomic mass is 19.2. The van der Waals surface area contributed by atoms with Crippen molar-refractivity contribution in [2.45, 2.75) is 90.9 Å². The first-order valence-corrected chi connectivity index (χ1v) is 11.3. The van der Waals surface area contributed by atoms with Gasteiger partial charge in [0.2, 0.25) is 0 Å². The molecular formula is C23H37BF2O2. The van der Waals surface area contributed by atoms with Crippen LogP contribution in [-0.2, 0) is 0 Å². The fourth-order valence-corrected chi connectivity index (χ4v) is 5.35. The summed E-state index contributed by atoms with van der Waals surface area (Å²) >= 11 is 0. The van der Waals surface area contributed by atoms with Gasteiger partial charge >= 0.3 is 7.12 Å². The Balaban J connectivity index is 0.00000136. The lowest BCUT2D eigenvalue weighted by molar-refractivity contribution is 0.156. The average molecular weight is 394 g/mol. The highest BCUT2D eigenvalue weighted by molar-refractivity contribution is 6.58. The van der Waals surface area contributed by atoms with Gasteiger partial charge in [0, 0.05) is 5.46 Å². The summed E-state index contributed by atoms with van der Waals surface area (Å²) in [7, 11) is -1.97. The lowest BCUT2D eigenvalue weighted by Gasteiger charge is -2.38. The van der Waals surface area contributed by atoms with Crippen LogP contribution in [0.2, 0.25) is 0 Å². The van der Waals surface area contributed by atoms with Crippen LogP contribution in [0.5, 0.6) is 0 Å². The lowest BCUT2D eigenvalue weighted by Crippen LogP contribution is -2.34. The van der Waals surface area contributed by atoms with E-state index in [9.17, 15) is 8.78 Å². The van der Waals surface area contributed by atoms with E-state index in [0.29, 0.717) is 5.56 Å². The molecule has 0 saturated heterocycles. The molecule has 2 fully saturated rings. The smallest absolute Gasteiger partial charge is 0.423 e. The van der Waals surface area contributed by atoms with E-state index in [2.05, 4.69) is 6.92 Å². The summed E-state index contributed by atoms with van der Waals surface area (Å²) in [5, 5.41) is 18.2. The topological polar surface area (TPSA) is 40.5 Å². The van der Waals surface area contributed by atoms with Gasteiger partial charge in [-0.05, 0) is 67.8 Å². The molecule has 0 heterocycles. The summed E-state index contributed by atoms with van der Waals surface area (Å²) in [5.74, 6) is 0.498. The van der Waals surface area contributed by atoms with E-state index in [1.165, 1.54) is 50.7 Å². The molecule has 158 valence electrons. The van der Waals surface area contributed by atoms with Crippen molar-refractivity contribution in [3.8, 4) is 0 Å². The zero-order valence-corrected chi connectivity index (χ0v) is 17.8. The molecule has 0 atom stereocenters. The number of hydrogen-bond donors (Lipinski definition) is 2. The van der Waals surface area contributed by atoms with Crippen molar-refractivity contribution < 1.29 is 18.8 Å². The van der Waals surface area contributed by atoms with E-state index in [0.717, 1.165) is 43.4 Å². The van der Waals surface area contributed by atoms with Gasteiger partial charge in [-0.2, -0.15) is 0 Å². The minimum atomic E-state index is -1.97. The molecule has 3 rings (SSSR count). The predicted octanol–water partition coefficient (Wildman–Crippen LogP) is 5.55. The van der Waals surface area contributed by atoms with Crippen LogP contribution in [0.15, 0.2) is 12.1 Å². The van der Waals surface area contributed by atoms with Crippen molar-refractivity contribution >= 4 is 12.6 Å². The van der Waals surface area contributed by atoms with E-state index >= 15 is 0 Å². The molecule has 28 heavy (non-hydrogen) atoms. The summed E-state index contributed by atoms with van der Waals surface area (Å²) < 4.78 is 28.4. The molecule has 0 aromatic heterocycles. The number of rotatable bonds is 5. The van der Waals surface area contributed by atoms with E-state index in [1.807, 2.05) is 13.8 Å². The second kappa shape index (κ2) is 11.3. The second-order valence-corrected chi connectivity index (χ2v) is 8.43. The Hall–Kier alpha value is -0.935. The zero-order chi connectivity index (χ0) is 20.7. The van der Waals surface area contributed by atoms with Gasteiger partial charge in [-0.3, -0.25) is 0 Å². The molecule has 0 amide bonds. The molecule has 1 aromatic rings. The van der Waals surface area contributed by atoms with Gasteiger partial charge in [-0.15, -0.1) is 0 Å². The minimum absolute atomic E-state index is 0.0436. The number of halogens is 2. The quantitative estimate of drug-likeness (QED) is 0.643. The molecule has 0 unspecified atom stereocenters. The Morgan fingerprint density at radius 3 is 1.89 bits per heavy atom. The van der Waals surface area contributed by atoms with Crippen LogP contribution in [0.1, 0.15) is 96.5 Å². The van der Waals surface area contributed by atoms with Crippen molar-refractivity contribution in [3.63, 3.8) is 0 Å². The summed E-state index contributed by atoms with van der Waals surface area (Å²) in [5.41, 5.74) is 0.0146. The van der Waals surface area contributed by atoms with E-state index in [4.69, 9.17) is 10.0 Å². The van der Waals surface area contributed by atoms with Crippen LogP contribution in [0.3, 0.4) is 0 Å². The normalized spacial score (nSPS) is 27.7. The van der Waals surface area contributed by atoms with Crippen LogP contribution in [0.25, 0.3) is 0 Å². The Kier molecular flexibility index (Phi) is 9.42. The van der Waals surface area contributed by atoms with Crippen LogP contribution in [0, 0.1) is 29.4 Å². The molecule has 2 aliphatic carbocycles. The first-order valence-electron chi connectivity index (χ1n) is 11.3. The maximum absolute atomic E-state index is 14.4. The molecule has 0 aliphatic heterocycles. The van der Waals surface area contributed by atoms with E-state index < -0.39 is 18.8 Å². The zero-order valence-electron chi connectivity index (χ0n) is 17.8. The first kappa shape index (κ1) is 23.3. The molecule has 0 radical (unpaired) electrons. The summed E-state index contributed by atoms with van der Waals surface area (Å²) in [6.45, 7) is 6.27. The molecule has 0 spiro atoms. The van der Waals surface area contributed by atoms with Crippen molar-refractivity contribution in [1.29, 1.82) is 0 Å². The van der Waals surface area contributed by atoms with E-state index in [1.54, 1.807) is 0 Å². The van der Waals surface area contributed by atoms with Gasteiger partial charge in [0.1, 0.15) is 0 Å². The van der Waals surface area contributed by atoms with Gasteiger partial charge in [0.05, 0.1) is 0 Å². The van der Waals surface area contributed by atoms with Crippen LogP contribution in [0.4, 0.5) is 8.78 Å². The summed E-state index contributed by atoms with van der Waals surface area (Å²) in [6.07, 6.45) is 12.1. The Morgan fingerprint density at radius 2 is 1.39 bits per heavy atom. The van der Waals surface area contributed by atoms with Crippen LogP contribution in [-0.4, -0.2) is 17.2 Å². The van der Waals surface area contributed by atoms with Crippen LogP contribution >= 0.6 is 0 Å². The largest absolute Gasteiger partial charge is 0.491 e. The first-order chi connectivity index (χ1) is 13.5. The monoisotopic (exact) mass is 394 g/mol. The molecule has 2 saturated carbocycles. The van der Waals surface area contributed by atoms with Gasteiger partial charge in [-0.1, -0.05) is 58.6 Å². The third-order valence-electron chi connectivity index (χ3n) is 6.89. The molecule has 5 heteroatoms. The summed E-state index contributed by atoms with van der Waals surface area (Å²) in [4.78, 5) is 0. The Bertz CT molecular complexity index is 593. The third-order valence-corrected chi connectivity index (χ3v) is 6.89. The van der Waals surface area contributed by atoms with E-state index in [-0.39, 0.29) is 11.4 Å². The molecule has 1 aromatic carbocycles. The fraction of sp³-hybridized carbons (Fsp3) is 0.739. The van der Waals surface area contributed by atoms with Crippen molar-refractivity contribution in [1.82, 2.24) is 0 Å². The highest BCUT2D eigenvalue weighted by Gasteiger charge is 2.33. The standard InChI is InChI=1S/C21H31BF2O2.C2H6/c1-2-3-14-4-6-15(7-5-14)16-8-10-17(11-9-16)18-12-13-19(22(25)26)21(24)20(18)23;1-2/h12-17,25-26H,2-11H2,1H3;1-2H3. The van der Waals surface area contributed by atoms with Crippen molar-refractivity contribution in [2.24, 2.45) is 17.8 Å². The number of hydrogen-bond acceptors (Lipinski definition) is 2. The van der Waals surface area contributed by atoms with Gasteiger partial charge in [0.15, 0.2) is 11.6 Å². The third kappa shape index (κ3) is 5.57. The maximum atomic E-state index is 14.4. The predicted molar refractivity (Wildman–Crippen MR) is 113 cm³/mol. The molecule has 2 N–H and O–H groups in total. The second-order valence-electron chi connectivity index (χ2n) is 8.43. The van der Waals surface area contributed by atoms with Crippen molar-refractivity contribution in [3.05, 3.63) is 29.3 Å². The van der Waals surface area contributed by atoms with Gasteiger partial charge in [-0.25, -0.2) is 8.78 Å². The Morgan fingerprint density at radius 1 is 0.857 bits per heavy atom. The Labute approximate surface area is 169 Å². The molecule has 2 aliphatic rings. The molecule has 0 bridgehead atoms. The van der Waals surface area contributed by atoms with Crippen LogP contribution < -0.4 is 5.46 Å². The summed E-state index contributed by atoms with van der Waals surface area (Å²) in [6, 6.07) is 2.84.